The van der Waals surface area contributed by atoms with Crippen molar-refractivity contribution in [3.8, 4) is 0 Å². The summed E-state index contributed by atoms with van der Waals surface area (Å²) in [5, 5.41) is 2.96. The molecule has 0 aliphatic carbocycles. The van der Waals surface area contributed by atoms with Gasteiger partial charge in [-0.15, -0.1) is 0 Å². The second-order valence-electron chi connectivity index (χ2n) is 6.62. The van der Waals surface area contributed by atoms with E-state index in [1.807, 2.05) is 30.0 Å². The number of carbonyl (C=O) groups excluding carboxylic acids is 2. The van der Waals surface area contributed by atoms with Crippen LogP contribution in [0.25, 0.3) is 0 Å². The quantitative estimate of drug-likeness (QED) is 0.769. The maximum absolute atomic E-state index is 12.0. The minimum Gasteiger partial charge on any atom is -0.351 e. The Balaban J connectivity index is 1.62. The molecule has 136 valence electrons. The van der Waals surface area contributed by atoms with E-state index in [4.69, 9.17) is 0 Å². The molecule has 2 amide bonds. The monoisotopic (exact) mass is 343 g/mol. The normalized spacial score (nSPS) is 15.9. The van der Waals surface area contributed by atoms with Crippen LogP contribution < -0.4 is 5.32 Å². The number of allylic oxidation sites excluding steroid dienone is 1. The number of piperazine rings is 1. The van der Waals surface area contributed by atoms with Gasteiger partial charge in [0.2, 0.25) is 11.8 Å². The van der Waals surface area contributed by atoms with E-state index in [2.05, 4.69) is 22.3 Å². The Bertz CT molecular complexity index is 590. The topological polar surface area (TPSA) is 52.7 Å². The molecular weight excluding hydrogens is 314 g/mol. The van der Waals surface area contributed by atoms with Crippen LogP contribution in [0, 0.1) is 0 Å². The highest BCUT2D eigenvalue weighted by Crippen LogP contribution is 2.08. The number of amides is 2. The first-order valence-corrected chi connectivity index (χ1v) is 9.01. The molecule has 0 bridgehead atoms. The maximum atomic E-state index is 12.0. The Hall–Kier alpha value is -2.14. The first kappa shape index (κ1) is 19.2. The lowest BCUT2D eigenvalue weighted by Crippen LogP contribution is -2.49. The molecule has 1 aliphatic rings. The molecule has 0 atom stereocenters. The van der Waals surface area contributed by atoms with Crippen LogP contribution in [0.1, 0.15) is 25.8 Å². The van der Waals surface area contributed by atoms with E-state index in [0.717, 1.165) is 51.1 Å². The molecule has 0 radical (unpaired) electrons. The van der Waals surface area contributed by atoms with Gasteiger partial charge in [-0.25, -0.2) is 0 Å². The maximum Gasteiger partial charge on any atom is 0.243 e. The Morgan fingerprint density at radius 1 is 1.08 bits per heavy atom. The first-order chi connectivity index (χ1) is 12.0. The van der Waals surface area contributed by atoms with Crippen LogP contribution in [0.15, 0.2) is 42.0 Å². The second kappa shape index (κ2) is 9.99. The predicted molar refractivity (Wildman–Crippen MR) is 100 cm³/mol. The third-order valence-corrected chi connectivity index (χ3v) is 4.57. The molecule has 25 heavy (non-hydrogen) atoms. The van der Waals surface area contributed by atoms with E-state index in [-0.39, 0.29) is 11.8 Å². The van der Waals surface area contributed by atoms with Gasteiger partial charge in [-0.3, -0.25) is 14.5 Å². The van der Waals surface area contributed by atoms with Gasteiger partial charge in [0, 0.05) is 52.3 Å². The van der Waals surface area contributed by atoms with Gasteiger partial charge in [0.1, 0.15) is 0 Å². The molecule has 0 unspecified atom stereocenters. The van der Waals surface area contributed by atoms with Gasteiger partial charge >= 0.3 is 0 Å². The fraction of sp³-hybridized carbons (Fsp3) is 0.500. The minimum atomic E-state index is -0.0204. The highest BCUT2D eigenvalue weighted by atomic mass is 16.2. The van der Waals surface area contributed by atoms with Crippen molar-refractivity contribution in [1.82, 2.24) is 15.1 Å². The van der Waals surface area contributed by atoms with E-state index >= 15 is 0 Å². The van der Waals surface area contributed by atoms with Crippen molar-refractivity contribution >= 4 is 11.8 Å². The minimum absolute atomic E-state index is 0.0204. The molecule has 2 rings (SSSR count). The molecule has 1 aromatic rings. The number of hydrogen-bond acceptors (Lipinski definition) is 3. The third-order valence-electron chi connectivity index (χ3n) is 4.57. The number of nitrogens with zero attached hydrogens (tertiary/aromatic N) is 2. The standard InChI is InChI=1S/C20H29N3O2/c1-17(8-9-19-6-4-3-5-7-19)16-20(25)21-10-11-22-12-14-23(15-13-22)18(2)24/h3-7,16H,8-15H2,1-2H3,(H,21,25). The lowest BCUT2D eigenvalue weighted by atomic mass is 10.1. The largest absolute Gasteiger partial charge is 0.351 e. The SMILES string of the molecule is CC(=O)N1CCN(CCNC(=O)C=C(C)CCc2ccccc2)CC1. The van der Waals surface area contributed by atoms with Gasteiger partial charge in [0.25, 0.3) is 0 Å². The number of nitrogens with one attached hydrogen (secondary N) is 1. The van der Waals surface area contributed by atoms with Crippen LogP contribution in [0.4, 0.5) is 0 Å². The molecule has 1 heterocycles. The Morgan fingerprint density at radius 2 is 1.76 bits per heavy atom. The van der Waals surface area contributed by atoms with Crippen molar-refractivity contribution in [3.63, 3.8) is 0 Å². The summed E-state index contributed by atoms with van der Waals surface area (Å²) in [5.41, 5.74) is 2.39. The lowest BCUT2D eigenvalue weighted by molar-refractivity contribution is -0.130. The zero-order valence-electron chi connectivity index (χ0n) is 15.3. The second-order valence-corrected chi connectivity index (χ2v) is 6.62. The van der Waals surface area contributed by atoms with Gasteiger partial charge < -0.3 is 10.2 Å². The number of rotatable bonds is 7. The number of carbonyl (C=O) groups is 2. The van der Waals surface area contributed by atoms with Crippen molar-refractivity contribution in [2.45, 2.75) is 26.7 Å². The molecule has 0 spiro atoms. The summed E-state index contributed by atoms with van der Waals surface area (Å²) in [6.45, 7) is 8.40. The zero-order valence-corrected chi connectivity index (χ0v) is 15.3. The van der Waals surface area contributed by atoms with Gasteiger partial charge in [-0.1, -0.05) is 35.9 Å². The van der Waals surface area contributed by atoms with Gasteiger partial charge in [0.15, 0.2) is 0 Å². The number of hydrogen-bond donors (Lipinski definition) is 1. The fourth-order valence-electron chi connectivity index (χ4n) is 2.96. The molecule has 1 aliphatic heterocycles. The average molecular weight is 343 g/mol. The lowest BCUT2D eigenvalue weighted by Gasteiger charge is -2.34. The van der Waals surface area contributed by atoms with E-state index < -0.39 is 0 Å². The molecular formula is C20H29N3O2. The summed E-state index contributed by atoms with van der Waals surface area (Å²) in [5.74, 6) is 0.122. The first-order valence-electron chi connectivity index (χ1n) is 9.01. The van der Waals surface area contributed by atoms with E-state index in [0.29, 0.717) is 6.54 Å². The molecule has 0 aromatic heterocycles. The molecule has 1 aromatic carbocycles. The Morgan fingerprint density at radius 3 is 2.40 bits per heavy atom. The third kappa shape index (κ3) is 7.10. The summed E-state index contributed by atoms with van der Waals surface area (Å²) in [4.78, 5) is 27.4. The van der Waals surface area contributed by atoms with E-state index in [1.165, 1.54) is 5.56 Å². The zero-order chi connectivity index (χ0) is 18.1. The van der Waals surface area contributed by atoms with E-state index in [1.54, 1.807) is 13.0 Å². The van der Waals surface area contributed by atoms with Crippen LogP contribution in [0.5, 0.6) is 0 Å². The molecule has 0 saturated carbocycles. The van der Waals surface area contributed by atoms with Gasteiger partial charge in [-0.05, 0) is 25.3 Å². The predicted octanol–water partition coefficient (Wildman–Crippen LogP) is 1.85. The van der Waals surface area contributed by atoms with Crippen LogP contribution in [0.2, 0.25) is 0 Å². The summed E-state index contributed by atoms with van der Waals surface area (Å²) in [6, 6.07) is 10.3. The summed E-state index contributed by atoms with van der Waals surface area (Å²) >= 11 is 0. The highest BCUT2D eigenvalue weighted by Gasteiger charge is 2.17. The van der Waals surface area contributed by atoms with Crippen molar-refractivity contribution in [2.75, 3.05) is 39.3 Å². The van der Waals surface area contributed by atoms with Crippen LogP contribution in [0.3, 0.4) is 0 Å². The molecule has 5 nitrogen and oxygen atoms in total. The summed E-state index contributed by atoms with van der Waals surface area (Å²) in [6.07, 6.45) is 3.55. The van der Waals surface area contributed by atoms with Crippen molar-refractivity contribution in [3.05, 3.63) is 47.5 Å². The molecule has 5 heteroatoms. The Labute approximate surface area is 150 Å². The molecule has 1 N–H and O–H groups in total. The smallest absolute Gasteiger partial charge is 0.243 e. The van der Waals surface area contributed by atoms with Gasteiger partial charge in [0.05, 0.1) is 0 Å². The van der Waals surface area contributed by atoms with Crippen molar-refractivity contribution < 1.29 is 9.59 Å². The van der Waals surface area contributed by atoms with Crippen LogP contribution in [-0.2, 0) is 16.0 Å². The number of aryl methyl sites for hydroxylation is 1. The van der Waals surface area contributed by atoms with Crippen molar-refractivity contribution in [2.24, 2.45) is 0 Å². The summed E-state index contributed by atoms with van der Waals surface area (Å²) in [7, 11) is 0. The van der Waals surface area contributed by atoms with Crippen LogP contribution in [-0.4, -0.2) is 60.9 Å². The van der Waals surface area contributed by atoms with E-state index in [9.17, 15) is 9.59 Å². The number of benzene rings is 1. The van der Waals surface area contributed by atoms with Crippen LogP contribution >= 0.6 is 0 Å². The fourth-order valence-corrected chi connectivity index (χ4v) is 2.96. The molecule has 1 fully saturated rings. The highest BCUT2D eigenvalue weighted by molar-refractivity contribution is 5.88. The van der Waals surface area contributed by atoms with Gasteiger partial charge in [-0.2, -0.15) is 0 Å². The summed E-state index contributed by atoms with van der Waals surface area (Å²) < 4.78 is 0. The average Bonchev–Trinajstić information content (AvgIpc) is 2.61. The Kier molecular flexibility index (Phi) is 7.67. The van der Waals surface area contributed by atoms with Crippen molar-refractivity contribution in [1.29, 1.82) is 0 Å². The molecule has 1 saturated heterocycles.